The number of amides is 1. The molecule has 0 saturated carbocycles. The zero-order valence-electron chi connectivity index (χ0n) is 19.3. The van der Waals surface area contributed by atoms with Gasteiger partial charge in [0, 0.05) is 24.8 Å². The smallest absolute Gasteiger partial charge is 0.410 e. The minimum Gasteiger partial charge on any atom is -0.444 e. The molecule has 166 valence electrons. The second kappa shape index (κ2) is 8.36. The van der Waals surface area contributed by atoms with Crippen LogP contribution in [0.4, 0.5) is 4.79 Å². The molecule has 0 unspecified atom stereocenters. The number of fused-ring (bicyclic) bond motifs is 1. The van der Waals surface area contributed by atoms with Crippen molar-refractivity contribution in [3.05, 3.63) is 36.9 Å². The van der Waals surface area contributed by atoms with Crippen molar-refractivity contribution >= 4 is 17.1 Å². The molecule has 3 aromatic rings. The summed E-state index contributed by atoms with van der Waals surface area (Å²) in [6.45, 7) is 13.4. The van der Waals surface area contributed by atoms with Gasteiger partial charge in [0.15, 0.2) is 11.0 Å². The fraction of sp³-hybridized carbons (Fsp3) is 0.542. The number of ether oxygens (including phenoxy) is 1. The Morgan fingerprint density at radius 1 is 1.19 bits per heavy atom. The molecular weight excluding hydrogens is 390 g/mol. The van der Waals surface area contributed by atoms with Gasteiger partial charge in [-0.25, -0.2) is 13.9 Å². The van der Waals surface area contributed by atoms with Gasteiger partial charge >= 0.3 is 6.09 Å². The van der Waals surface area contributed by atoms with E-state index in [2.05, 4.69) is 63.5 Å². The number of hydrogen-bond acceptors (Lipinski definition) is 3. The van der Waals surface area contributed by atoms with Gasteiger partial charge in [0.1, 0.15) is 5.60 Å². The van der Waals surface area contributed by atoms with E-state index in [0.717, 1.165) is 31.5 Å². The van der Waals surface area contributed by atoms with Gasteiger partial charge in [-0.15, -0.1) is 0 Å². The van der Waals surface area contributed by atoms with Gasteiger partial charge in [-0.2, -0.15) is 5.10 Å². The normalized spacial score (nSPS) is 15.6. The molecule has 0 aliphatic carbocycles. The molecule has 0 N–H and O–H groups in total. The number of carbonyl (C=O) groups excluding carboxylic acids is 1. The molecule has 7 nitrogen and oxygen atoms in total. The molecule has 1 saturated heterocycles. The quantitative estimate of drug-likeness (QED) is 0.583. The van der Waals surface area contributed by atoms with Crippen LogP contribution in [0.5, 0.6) is 0 Å². The highest BCUT2D eigenvalue weighted by atomic mass is 16.6. The summed E-state index contributed by atoms with van der Waals surface area (Å²) in [6, 6.07) is 6.95. The van der Waals surface area contributed by atoms with Gasteiger partial charge in [0.2, 0.25) is 6.33 Å². The largest absolute Gasteiger partial charge is 0.444 e. The SMILES string of the molecule is CCn1c[n+](CC)c2ccc(-c3cnn(C4CCN(C(=O)OC(C)(C)C)CC4)c3)cc21. The Morgan fingerprint density at radius 2 is 1.94 bits per heavy atom. The molecule has 1 aliphatic heterocycles. The fourth-order valence-corrected chi connectivity index (χ4v) is 4.30. The number of nitrogens with zero attached hydrogens (tertiary/aromatic N) is 5. The number of likely N-dealkylation sites (tertiary alicyclic amines) is 1. The standard InChI is InChI=1S/C24H34N5O2/c1-6-26-17-27(7-2)22-14-18(8-9-21(22)26)19-15-25-29(16-19)20-10-12-28(13-11-20)23(30)31-24(3,4)5/h8-9,14-17,20H,6-7,10-13H2,1-5H3/q+1. The molecular formula is C24H34N5O2+. The van der Waals surface area contributed by atoms with Crippen LogP contribution in [0.3, 0.4) is 0 Å². The second-order valence-corrected chi connectivity index (χ2v) is 9.30. The Bertz CT molecular complexity index is 1070. The maximum Gasteiger partial charge on any atom is 0.410 e. The molecule has 0 atom stereocenters. The Labute approximate surface area is 184 Å². The predicted octanol–water partition coefficient (Wildman–Crippen LogP) is 4.40. The van der Waals surface area contributed by atoms with Crippen LogP contribution in [-0.2, 0) is 17.8 Å². The fourth-order valence-electron chi connectivity index (χ4n) is 4.30. The van der Waals surface area contributed by atoms with Crippen molar-refractivity contribution in [2.45, 2.75) is 72.2 Å². The van der Waals surface area contributed by atoms with Crippen molar-refractivity contribution in [2.24, 2.45) is 0 Å². The maximum absolute atomic E-state index is 12.3. The summed E-state index contributed by atoms with van der Waals surface area (Å²) in [5.74, 6) is 0. The maximum atomic E-state index is 12.3. The summed E-state index contributed by atoms with van der Waals surface area (Å²) in [5, 5.41) is 4.66. The van der Waals surface area contributed by atoms with Gasteiger partial charge in [-0.3, -0.25) is 4.68 Å². The van der Waals surface area contributed by atoms with Crippen LogP contribution in [0.1, 0.15) is 53.5 Å². The average molecular weight is 425 g/mol. The number of aromatic nitrogens is 4. The summed E-state index contributed by atoms with van der Waals surface area (Å²) in [5.41, 5.74) is 4.36. The molecule has 1 aromatic carbocycles. The van der Waals surface area contributed by atoms with Crippen molar-refractivity contribution in [2.75, 3.05) is 13.1 Å². The average Bonchev–Trinajstić information content (AvgIpc) is 3.37. The van der Waals surface area contributed by atoms with E-state index >= 15 is 0 Å². The number of aryl methyl sites for hydroxylation is 2. The lowest BCUT2D eigenvalue weighted by molar-refractivity contribution is -0.668. The second-order valence-electron chi connectivity index (χ2n) is 9.30. The van der Waals surface area contributed by atoms with E-state index in [1.54, 1.807) is 0 Å². The topological polar surface area (TPSA) is 56.2 Å². The molecule has 7 heteroatoms. The number of imidazole rings is 1. The van der Waals surface area contributed by atoms with Gasteiger partial charge < -0.3 is 9.64 Å². The molecule has 3 heterocycles. The van der Waals surface area contributed by atoms with Crippen LogP contribution in [0.2, 0.25) is 0 Å². The molecule has 1 fully saturated rings. The third kappa shape index (κ3) is 4.45. The van der Waals surface area contributed by atoms with E-state index in [1.807, 2.05) is 31.9 Å². The van der Waals surface area contributed by atoms with Gasteiger partial charge in [0.05, 0.1) is 25.3 Å². The van der Waals surface area contributed by atoms with Crippen molar-refractivity contribution < 1.29 is 14.1 Å². The molecule has 0 bridgehead atoms. The summed E-state index contributed by atoms with van der Waals surface area (Å²) < 4.78 is 12.1. The minimum atomic E-state index is -0.458. The van der Waals surface area contributed by atoms with E-state index in [1.165, 1.54) is 16.6 Å². The van der Waals surface area contributed by atoms with Gasteiger partial charge in [0.25, 0.3) is 0 Å². The monoisotopic (exact) mass is 424 g/mol. The van der Waals surface area contributed by atoms with Crippen molar-refractivity contribution in [3.63, 3.8) is 0 Å². The number of rotatable bonds is 4. The highest BCUT2D eigenvalue weighted by Crippen LogP contribution is 2.28. The van der Waals surface area contributed by atoms with E-state index in [9.17, 15) is 4.79 Å². The zero-order valence-corrected chi connectivity index (χ0v) is 19.3. The van der Waals surface area contributed by atoms with Crippen molar-refractivity contribution in [1.29, 1.82) is 0 Å². The van der Waals surface area contributed by atoms with Crippen LogP contribution in [0, 0.1) is 0 Å². The highest BCUT2D eigenvalue weighted by molar-refractivity contribution is 5.79. The van der Waals surface area contributed by atoms with Gasteiger partial charge in [-0.05, 0) is 71.2 Å². The predicted molar refractivity (Wildman–Crippen MR) is 121 cm³/mol. The van der Waals surface area contributed by atoms with Crippen LogP contribution in [0.25, 0.3) is 22.2 Å². The summed E-state index contributed by atoms with van der Waals surface area (Å²) >= 11 is 0. The lowest BCUT2D eigenvalue weighted by Crippen LogP contribution is -2.42. The van der Waals surface area contributed by atoms with Crippen LogP contribution in [0.15, 0.2) is 36.9 Å². The number of carbonyl (C=O) groups is 1. The number of piperidine rings is 1. The third-order valence-electron chi connectivity index (χ3n) is 5.98. The summed E-state index contributed by atoms with van der Waals surface area (Å²) in [4.78, 5) is 14.1. The molecule has 0 radical (unpaired) electrons. The van der Waals surface area contributed by atoms with E-state index in [4.69, 9.17) is 4.74 Å². The Morgan fingerprint density at radius 3 is 2.58 bits per heavy atom. The van der Waals surface area contributed by atoms with Gasteiger partial charge in [-0.1, -0.05) is 0 Å². The Balaban J connectivity index is 1.47. The van der Waals surface area contributed by atoms with E-state index < -0.39 is 5.60 Å². The third-order valence-corrected chi connectivity index (χ3v) is 5.98. The first-order valence-electron chi connectivity index (χ1n) is 11.3. The highest BCUT2D eigenvalue weighted by Gasteiger charge is 2.28. The van der Waals surface area contributed by atoms with E-state index in [-0.39, 0.29) is 6.09 Å². The first-order chi connectivity index (χ1) is 14.8. The summed E-state index contributed by atoms with van der Waals surface area (Å²) in [7, 11) is 0. The number of benzene rings is 1. The number of hydrogen-bond donors (Lipinski definition) is 0. The molecule has 1 amide bonds. The minimum absolute atomic E-state index is 0.219. The Kier molecular flexibility index (Phi) is 5.77. The molecule has 1 aliphatic rings. The summed E-state index contributed by atoms with van der Waals surface area (Å²) in [6.07, 6.45) is 7.83. The lowest BCUT2D eigenvalue weighted by Gasteiger charge is -2.33. The zero-order chi connectivity index (χ0) is 22.2. The van der Waals surface area contributed by atoms with Crippen molar-refractivity contribution in [1.82, 2.24) is 19.2 Å². The van der Waals surface area contributed by atoms with Crippen LogP contribution >= 0.6 is 0 Å². The Hall–Kier alpha value is -2.83. The van der Waals surface area contributed by atoms with E-state index in [0.29, 0.717) is 19.1 Å². The molecule has 0 spiro atoms. The lowest BCUT2D eigenvalue weighted by atomic mass is 10.1. The molecule has 4 rings (SSSR count). The first kappa shape index (κ1) is 21.4. The first-order valence-corrected chi connectivity index (χ1v) is 11.3. The van der Waals surface area contributed by atoms with Crippen LogP contribution in [-0.4, -0.2) is 44.0 Å². The van der Waals surface area contributed by atoms with Crippen LogP contribution < -0.4 is 4.57 Å². The molecule has 2 aromatic heterocycles. The molecule has 31 heavy (non-hydrogen) atoms. The van der Waals surface area contributed by atoms with Crippen molar-refractivity contribution in [3.8, 4) is 11.1 Å².